The highest BCUT2D eigenvalue weighted by Gasteiger charge is 2.44. The topological polar surface area (TPSA) is 179 Å². The molecular formula is C26H29N5O7. The zero-order valence-electron chi connectivity index (χ0n) is 20.6. The molecule has 0 aromatic heterocycles. The first kappa shape index (κ1) is 26.6. The number of fused-ring (bicyclic) bond motifs is 2. The fourth-order valence-corrected chi connectivity index (χ4v) is 4.99. The number of hydrogen-bond donors (Lipinski definition) is 4. The van der Waals surface area contributed by atoms with E-state index in [0.29, 0.717) is 24.0 Å². The number of nitrogens with one attached hydrogen (secondary N) is 2. The minimum absolute atomic E-state index is 0.0152. The Kier molecular flexibility index (Phi) is 7.89. The molecular weight excluding hydrogens is 494 g/mol. The average Bonchev–Trinajstić information content (AvgIpc) is 3.00. The van der Waals surface area contributed by atoms with Gasteiger partial charge in [-0.25, -0.2) is 5.01 Å². The normalized spacial score (nSPS) is 20.3. The van der Waals surface area contributed by atoms with Gasteiger partial charge in [-0.1, -0.05) is 24.3 Å². The Labute approximate surface area is 218 Å². The molecule has 2 aromatic carbocycles. The number of benzene rings is 2. The summed E-state index contributed by atoms with van der Waals surface area (Å²) >= 11 is 0. The maximum atomic E-state index is 13.6. The SMILES string of the molecule is Nc1cc(CC(=O)NC2CCC(=O)N3CCCC(C(=O)NC(C=O)CC(=O)O)N3C2=O)c2ccccc2c1. The van der Waals surface area contributed by atoms with Gasteiger partial charge in [0, 0.05) is 18.7 Å². The second kappa shape index (κ2) is 11.3. The molecule has 200 valence electrons. The number of nitrogens with two attached hydrogens (primary N) is 1. The van der Waals surface area contributed by atoms with Gasteiger partial charge in [0.25, 0.3) is 5.91 Å². The van der Waals surface area contributed by atoms with E-state index >= 15 is 0 Å². The second-order valence-electron chi connectivity index (χ2n) is 9.44. The summed E-state index contributed by atoms with van der Waals surface area (Å²) in [5, 5.41) is 18.0. The van der Waals surface area contributed by atoms with Crippen LogP contribution in [0.3, 0.4) is 0 Å². The molecule has 3 atom stereocenters. The molecule has 0 bridgehead atoms. The van der Waals surface area contributed by atoms with E-state index in [1.807, 2.05) is 24.3 Å². The lowest BCUT2D eigenvalue weighted by Gasteiger charge is -2.43. The summed E-state index contributed by atoms with van der Waals surface area (Å²) in [6.07, 6.45) is 0.318. The van der Waals surface area contributed by atoms with Crippen LogP contribution < -0.4 is 16.4 Å². The van der Waals surface area contributed by atoms with Crippen molar-refractivity contribution in [3.05, 3.63) is 42.0 Å². The molecule has 0 aliphatic carbocycles. The Morgan fingerprint density at radius 1 is 1.16 bits per heavy atom. The smallest absolute Gasteiger partial charge is 0.305 e. The van der Waals surface area contributed by atoms with Crippen LogP contribution in [0.1, 0.15) is 37.7 Å². The number of carbonyl (C=O) groups is 6. The molecule has 4 rings (SSSR count). The summed E-state index contributed by atoms with van der Waals surface area (Å²) < 4.78 is 0. The third-order valence-electron chi connectivity index (χ3n) is 6.71. The molecule has 4 amide bonds. The number of amides is 4. The largest absolute Gasteiger partial charge is 0.481 e. The van der Waals surface area contributed by atoms with Crippen molar-refractivity contribution in [2.45, 2.75) is 56.7 Å². The number of nitrogen functional groups attached to an aromatic ring is 1. The molecule has 12 heteroatoms. The molecule has 2 aromatic rings. The first-order chi connectivity index (χ1) is 18.2. The Balaban J connectivity index is 1.52. The van der Waals surface area contributed by atoms with Gasteiger partial charge in [-0.2, -0.15) is 0 Å². The molecule has 3 unspecified atom stereocenters. The number of carbonyl (C=O) groups excluding carboxylic acids is 5. The Morgan fingerprint density at radius 2 is 1.92 bits per heavy atom. The highest BCUT2D eigenvalue weighted by molar-refractivity contribution is 5.97. The minimum Gasteiger partial charge on any atom is -0.481 e. The van der Waals surface area contributed by atoms with Crippen molar-refractivity contribution in [1.29, 1.82) is 0 Å². The Hall–Kier alpha value is -4.48. The van der Waals surface area contributed by atoms with Crippen LogP contribution >= 0.6 is 0 Å². The van der Waals surface area contributed by atoms with E-state index in [1.54, 1.807) is 12.1 Å². The molecule has 38 heavy (non-hydrogen) atoms. The van der Waals surface area contributed by atoms with E-state index in [9.17, 15) is 28.8 Å². The summed E-state index contributed by atoms with van der Waals surface area (Å²) in [4.78, 5) is 74.7. The molecule has 12 nitrogen and oxygen atoms in total. The number of carboxylic acids is 1. The number of nitrogens with zero attached hydrogens (tertiary/aromatic N) is 2. The van der Waals surface area contributed by atoms with Gasteiger partial charge in [0.2, 0.25) is 17.7 Å². The zero-order valence-corrected chi connectivity index (χ0v) is 20.6. The van der Waals surface area contributed by atoms with Crippen LogP contribution in [0.2, 0.25) is 0 Å². The van der Waals surface area contributed by atoms with E-state index in [4.69, 9.17) is 10.8 Å². The van der Waals surface area contributed by atoms with E-state index in [0.717, 1.165) is 15.8 Å². The van der Waals surface area contributed by atoms with Crippen LogP contribution in [0.5, 0.6) is 0 Å². The van der Waals surface area contributed by atoms with Crippen molar-refractivity contribution >= 4 is 52.3 Å². The number of rotatable bonds is 8. The third kappa shape index (κ3) is 5.74. The summed E-state index contributed by atoms with van der Waals surface area (Å²) in [5.41, 5.74) is 7.19. The van der Waals surface area contributed by atoms with Crippen LogP contribution in [0, 0.1) is 0 Å². The van der Waals surface area contributed by atoms with Crippen molar-refractivity contribution in [2.75, 3.05) is 12.3 Å². The quantitative estimate of drug-likeness (QED) is 0.279. The number of aldehydes is 1. The second-order valence-corrected chi connectivity index (χ2v) is 9.44. The number of anilines is 1. The molecule has 2 fully saturated rings. The Morgan fingerprint density at radius 3 is 2.66 bits per heavy atom. The first-order valence-corrected chi connectivity index (χ1v) is 12.3. The molecule has 0 saturated carbocycles. The minimum atomic E-state index is -1.28. The van der Waals surface area contributed by atoms with Gasteiger partial charge in [-0.05, 0) is 47.7 Å². The molecule has 2 aliphatic heterocycles. The van der Waals surface area contributed by atoms with Crippen molar-refractivity contribution < 1.29 is 33.9 Å². The summed E-state index contributed by atoms with van der Waals surface area (Å²) in [5.74, 6) is -3.45. The van der Waals surface area contributed by atoms with E-state index in [-0.39, 0.29) is 38.1 Å². The van der Waals surface area contributed by atoms with Crippen molar-refractivity contribution in [3.63, 3.8) is 0 Å². The van der Waals surface area contributed by atoms with Gasteiger partial charge in [-0.3, -0.25) is 29.0 Å². The maximum absolute atomic E-state index is 13.6. The molecule has 0 spiro atoms. The van der Waals surface area contributed by atoms with Crippen molar-refractivity contribution in [3.8, 4) is 0 Å². The van der Waals surface area contributed by atoms with Crippen LogP contribution in [0.15, 0.2) is 36.4 Å². The van der Waals surface area contributed by atoms with Crippen molar-refractivity contribution in [1.82, 2.24) is 20.7 Å². The van der Waals surface area contributed by atoms with E-state index in [2.05, 4.69) is 10.6 Å². The lowest BCUT2D eigenvalue weighted by Crippen LogP contribution is -2.64. The summed E-state index contributed by atoms with van der Waals surface area (Å²) in [6, 6.07) is 7.51. The lowest BCUT2D eigenvalue weighted by atomic mass is 10.0. The van der Waals surface area contributed by atoms with E-state index < -0.39 is 48.2 Å². The monoisotopic (exact) mass is 523 g/mol. The van der Waals surface area contributed by atoms with Gasteiger partial charge in [0.15, 0.2) is 0 Å². The standard InChI is InChI=1S/C26H29N5O7/c27-17-10-15-4-1-2-5-19(15)16(11-17)12-22(33)29-20-7-8-23(34)30-9-3-6-21(31(30)26(20)38)25(37)28-18(14-32)13-24(35)36/h1-2,4-5,10-11,14,18,20-21H,3,6-9,12-13,27H2,(H,28,37)(H,29,33)(H,35,36). The highest BCUT2D eigenvalue weighted by atomic mass is 16.4. The van der Waals surface area contributed by atoms with E-state index in [1.165, 1.54) is 5.01 Å². The van der Waals surface area contributed by atoms with Gasteiger partial charge in [0.05, 0.1) is 18.9 Å². The maximum Gasteiger partial charge on any atom is 0.305 e. The van der Waals surface area contributed by atoms with Crippen molar-refractivity contribution in [2.24, 2.45) is 0 Å². The summed E-state index contributed by atoms with van der Waals surface area (Å²) in [6.45, 7) is 0.219. The highest BCUT2D eigenvalue weighted by Crippen LogP contribution is 2.26. The molecule has 2 aliphatic rings. The van der Waals surface area contributed by atoms with Crippen LogP contribution in [0.25, 0.3) is 10.8 Å². The summed E-state index contributed by atoms with van der Waals surface area (Å²) in [7, 11) is 0. The average molecular weight is 524 g/mol. The molecule has 5 N–H and O–H groups in total. The number of carboxylic acid groups (broad SMARTS) is 1. The van der Waals surface area contributed by atoms with Gasteiger partial charge in [0.1, 0.15) is 18.4 Å². The van der Waals surface area contributed by atoms with Gasteiger partial charge >= 0.3 is 5.97 Å². The van der Waals surface area contributed by atoms with Crippen LogP contribution in [-0.4, -0.2) is 75.7 Å². The number of hydrazine groups is 1. The lowest BCUT2D eigenvalue weighted by molar-refractivity contribution is -0.176. The molecule has 0 radical (unpaired) electrons. The van der Waals surface area contributed by atoms with Gasteiger partial charge < -0.3 is 26.3 Å². The Bertz CT molecular complexity index is 1300. The predicted molar refractivity (Wildman–Crippen MR) is 135 cm³/mol. The fraction of sp³-hybridized carbons (Fsp3) is 0.385. The third-order valence-corrected chi connectivity index (χ3v) is 6.71. The number of hydrogen-bond acceptors (Lipinski definition) is 7. The first-order valence-electron chi connectivity index (χ1n) is 12.3. The van der Waals surface area contributed by atoms with Gasteiger partial charge in [-0.15, -0.1) is 0 Å². The van der Waals surface area contributed by atoms with Crippen LogP contribution in [-0.2, 0) is 35.2 Å². The fourth-order valence-electron chi connectivity index (χ4n) is 4.99. The molecule has 2 heterocycles. The predicted octanol–water partition coefficient (Wildman–Crippen LogP) is 0.136. The van der Waals surface area contributed by atoms with Crippen LogP contribution in [0.4, 0.5) is 5.69 Å². The molecule has 2 saturated heterocycles. The number of aliphatic carboxylic acids is 1. The zero-order chi connectivity index (χ0) is 27.4.